The first-order valence-corrected chi connectivity index (χ1v) is 7.12. The van der Waals surface area contributed by atoms with Gasteiger partial charge in [0, 0.05) is 22.8 Å². The highest BCUT2D eigenvalue weighted by Gasteiger charge is 2.18. The smallest absolute Gasteiger partial charge is 0.241 e. The lowest BCUT2D eigenvalue weighted by Gasteiger charge is -2.12. The Kier molecular flexibility index (Phi) is 3.70. The number of nitrogens with one attached hydrogen (secondary N) is 2. The van der Waals surface area contributed by atoms with E-state index in [0.29, 0.717) is 5.02 Å². The van der Waals surface area contributed by atoms with Gasteiger partial charge in [0.05, 0.1) is 11.1 Å². The average Bonchev–Trinajstić information content (AvgIpc) is 2.82. The van der Waals surface area contributed by atoms with Gasteiger partial charge in [-0.25, -0.2) is 13.1 Å². The molecule has 18 heavy (non-hydrogen) atoms. The predicted octanol–water partition coefficient (Wildman–Crippen LogP) is 2.10. The molecule has 0 aliphatic carbocycles. The van der Waals surface area contributed by atoms with Gasteiger partial charge in [0.1, 0.15) is 0 Å². The summed E-state index contributed by atoms with van der Waals surface area (Å²) in [6.07, 6.45) is 3.23. The van der Waals surface area contributed by atoms with Crippen molar-refractivity contribution < 1.29 is 8.42 Å². The number of H-pyrrole nitrogens is 1. The Balaban J connectivity index is 2.20. The molecule has 0 aliphatic heterocycles. The lowest BCUT2D eigenvalue weighted by Crippen LogP contribution is -2.26. The molecular formula is C11H12ClN3O2S. The molecule has 1 aromatic carbocycles. The molecule has 0 fully saturated rings. The van der Waals surface area contributed by atoms with Crippen molar-refractivity contribution in [2.75, 3.05) is 0 Å². The van der Waals surface area contributed by atoms with Gasteiger partial charge in [0.25, 0.3) is 0 Å². The Morgan fingerprint density at radius 3 is 2.56 bits per heavy atom. The standard InChI is InChI=1S/C11H12ClN3O2S/c1-8(9-6-13-14-7-9)15-18(16,17)11-4-2-10(12)3-5-11/h2-8,15H,1H3,(H,13,14). The van der Waals surface area contributed by atoms with Crippen molar-refractivity contribution in [3.8, 4) is 0 Å². The zero-order valence-corrected chi connectivity index (χ0v) is 11.2. The minimum absolute atomic E-state index is 0.183. The summed E-state index contributed by atoms with van der Waals surface area (Å²) in [5.74, 6) is 0. The maximum Gasteiger partial charge on any atom is 0.241 e. The van der Waals surface area contributed by atoms with E-state index in [1.54, 1.807) is 31.5 Å². The Morgan fingerprint density at radius 1 is 1.33 bits per heavy atom. The van der Waals surface area contributed by atoms with E-state index in [1.807, 2.05) is 0 Å². The third-order valence-corrected chi connectivity index (χ3v) is 4.28. The van der Waals surface area contributed by atoms with Crippen LogP contribution < -0.4 is 4.72 Å². The number of hydrogen-bond donors (Lipinski definition) is 2. The first-order valence-electron chi connectivity index (χ1n) is 5.25. The van der Waals surface area contributed by atoms with Gasteiger partial charge in [-0.3, -0.25) is 5.10 Å². The molecule has 2 rings (SSSR count). The second-order valence-electron chi connectivity index (χ2n) is 3.83. The van der Waals surface area contributed by atoms with Crippen LogP contribution in [0.1, 0.15) is 18.5 Å². The Hall–Kier alpha value is -1.37. The summed E-state index contributed by atoms with van der Waals surface area (Å²) in [7, 11) is -3.55. The molecule has 0 aliphatic rings. The van der Waals surface area contributed by atoms with Crippen LogP contribution in [-0.4, -0.2) is 18.6 Å². The minimum Gasteiger partial charge on any atom is -0.285 e. The lowest BCUT2D eigenvalue weighted by atomic mass is 10.2. The van der Waals surface area contributed by atoms with E-state index in [9.17, 15) is 8.42 Å². The van der Waals surface area contributed by atoms with Gasteiger partial charge in [-0.05, 0) is 31.2 Å². The monoisotopic (exact) mass is 285 g/mol. The molecule has 0 amide bonds. The predicted molar refractivity (Wildman–Crippen MR) is 68.8 cm³/mol. The maximum atomic E-state index is 12.1. The van der Waals surface area contributed by atoms with E-state index in [0.717, 1.165) is 5.56 Å². The van der Waals surface area contributed by atoms with Gasteiger partial charge in [-0.2, -0.15) is 5.10 Å². The third kappa shape index (κ3) is 2.90. The molecule has 1 heterocycles. The molecule has 2 aromatic rings. The molecule has 1 unspecified atom stereocenters. The van der Waals surface area contributed by atoms with Gasteiger partial charge in [0.15, 0.2) is 0 Å². The molecule has 5 nitrogen and oxygen atoms in total. The summed E-state index contributed by atoms with van der Waals surface area (Å²) in [5.41, 5.74) is 0.771. The van der Waals surface area contributed by atoms with E-state index < -0.39 is 10.0 Å². The summed E-state index contributed by atoms with van der Waals surface area (Å²) >= 11 is 5.72. The SMILES string of the molecule is CC(NS(=O)(=O)c1ccc(Cl)cc1)c1cn[nH]c1. The van der Waals surface area contributed by atoms with E-state index in [-0.39, 0.29) is 10.9 Å². The number of rotatable bonds is 4. The lowest BCUT2D eigenvalue weighted by molar-refractivity contribution is 0.567. The topological polar surface area (TPSA) is 74.8 Å². The van der Waals surface area contributed by atoms with Crippen molar-refractivity contribution in [1.29, 1.82) is 0 Å². The maximum absolute atomic E-state index is 12.1. The van der Waals surface area contributed by atoms with Crippen LogP contribution in [0.5, 0.6) is 0 Å². The second kappa shape index (κ2) is 5.09. The molecule has 1 atom stereocenters. The van der Waals surface area contributed by atoms with Crippen LogP contribution in [0.3, 0.4) is 0 Å². The van der Waals surface area contributed by atoms with Gasteiger partial charge < -0.3 is 0 Å². The van der Waals surface area contributed by atoms with Gasteiger partial charge in [0.2, 0.25) is 10.0 Å². The third-order valence-electron chi connectivity index (χ3n) is 2.48. The molecule has 2 N–H and O–H groups in total. The number of aromatic amines is 1. The summed E-state index contributed by atoms with van der Waals surface area (Å²) in [5, 5.41) is 6.92. The fourth-order valence-electron chi connectivity index (χ4n) is 1.48. The molecular weight excluding hydrogens is 274 g/mol. The Morgan fingerprint density at radius 2 is 2.00 bits per heavy atom. The summed E-state index contributed by atoms with van der Waals surface area (Å²) in [4.78, 5) is 0.183. The van der Waals surface area contributed by atoms with E-state index >= 15 is 0 Å². The van der Waals surface area contributed by atoms with E-state index in [4.69, 9.17) is 11.6 Å². The second-order valence-corrected chi connectivity index (χ2v) is 5.98. The van der Waals surface area contributed by atoms with Crippen LogP contribution in [0, 0.1) is 0 Å². The highest BCUT2D eigenvalue weighted by molar-refractivity contribution is 7.89. The average molecular weight is 286 g/mol. The fourth-order valence-corrected chi connectivity index (χ4v) is 2.84. The molecule has 0 radical (unpaired) electrons. The highest BCUT2D eigenvalue weighted by Crippen LogP contribution is 2.17. The summed E-state index contributed by atoms with van der Waals surface area (Å²) in [6.45, 7) is 1.75. The molecule has 0 spiro atoms. The van der Waals surface area contributed by atoms with Crippen LogP contribution in [0.4, 0.5) is 0 Å². The van der Waals surface area contributed by atoms with Crippen LogP contribution in [0.15, 0.2) is 41.6 Å². The molecule has 0 saturated heterocycles. The summed E-state index contributed by atoms with van der Waals surface area (Å²) in [6, 6.07) is 5.65. The number of hydrogen-bond acceptors (Lipinski definition) is 3. The van der Waals surface area contributed by atoms with Crippen molar-refractivity contribution in [2.45, 2.75) is 17.9 Å². The number of sulfonamides is 1. The molecule has 7 heteroatoms. The molecule has 0 saturated carbocycles. The van der Waals surface area contributed by atoms with Crippen molar-refractivity contribution in [2.24, 2.45) is 0 Å². The Labute approximate surface area is 110 Å². The van der Waals surface area contributed by atoms with Crippen LogP contribution in [-0.2, 0) is 10.0 Å². The van der Waals surface area contributed by atoms with Crippen LogP contribution in [0.2, 0.25) is 5.02 Å². The van der Waals surface area contributed by atoms with Crippen molar-refractivity contribution in [3.05, 3.63) is 47.2 Å². The fraction of sp³-hybridized carbons (Fsp3) is 0.182. The number of benzene rings is 1. The largest absolute Gasteiger partial charge is 0.285 e. The number of aromatic nitrogens is 2. The highest BCUT2D eigenvalue weighted by atomic mass is 35.5. The Bertz CT molecular complexity index is 608. The van der Waals surface area contributed by atoms with Crippen molar-refractivity contribution in [3.63, 3.8) is 0 Å². The van der Waals surface area contributed by atoms with Gasteiger partial charge in [-0.15, -0.1) is 0 Å². The summed E-state index contributed by atoms with van der Waals surface area (Å²) < 4.78 is 26.7. The number of nitrogens with zero attached hydrogens (tertiary/aromatic N) is 1. The van der Waals surface area contributed by atoms with Crippen molar-refractivity contribution >= 4 is 21.6 Å². The van der Waals surface area contributed by atoms with E-state index in [1.165, 1.54) is 12.1 Å². The van der Waals surface area contributed by atoms with Gasteiger partial charge >= 0.3 is 0 Å². The molecule has 96 valence electrons. The zero-order chi connectivity index (χ0) is 13.2. The van der Waals surface area contributed by atoms with E-state index in [2.05, 4.69) is 14.9 Å². The normalized spacial score (nSPS) is 13.4. The molecule has 0 bridgehead atoms. The molecule has 1 aromatic heterocycles. The number of halogens is 1. The first-order chi connectivity index (χ1) is 8.49. The van der Waals surface area contributed by atoms with Gasteiger partial charge in [-0.1, -0.05) is 11.6 Å². The van der Waals surface area contributed by atoms with Crippen LogP contribution >= 0.6 is 11.6 Å². The minimum atomic E-state index is -3.55. The van der Waals surface area contributed by atoms with Crippen molar-refractivity contribution in [1.82, 2.24) is 14.9 Å². The first kappa shape index (κ1) is 13.1. The quantitative estimate of drug-likeness (QED) is 0.903. The van der Waals surface area contributed by atoms with Crippen LogP contribution in [0.25, 0.3) is 0 Å². The zero-order valence-electron chi connectivity index (χ0n) is 9.59.